The summed E-state index contributed by atoms with van der Waals surface area (Å²) in [6, 6.07) is 1.44. The average Bonchev–Trinajstić information content (AvgIpc) is 2.31. The highest BCUT2D eigenvalue weighted by Gasteiger charge is 1.95. The van der Waals surface area contributed by atoms with E-state index in [1.807, 2.05) is 0 Å². The Labute approximate surface area is 58.0 Å². The van der Waals surface area contributed by atoms with Gasteiger partial charge in [-0.1, -0.05) is 0 Å². The van der Waals surface area contributed by atoms with Crippen molar-refractivity contribution in [2.24, 2.45) is 5.73 Å². The number of aromatic amines is 1. The van der Waals surface area contributed by atoms with Crippen molar-refractivity contribution in [2.75, 3.05) is 6.54 Å². The Kier molecular flexibility index (Phi) is 2.28. The van der Waals surface area contributed by atoms with Gasteiger partial charge in [0.05, 0.1) is 5.69 Å². The minimum Gasteiger partial charge on any atom is -0.339 e. The molecule has 0 unspecified atom stereocenters. The molecule has 0 atom stereocenters. The van der Waals surface area contributed by atoms with Crippen LogP contribution < -0.4 is 11.4 Å². The van der Waals surface area contributed by atoms with E-state index >= 15 is 0 Å². The standard InChI is InChI=1S/C6H10N2O2/c7-3-1-2-5-4-6(9)10-8-5/h4,8H,1-3,7H2. The molecule has 0 bridgehead atoms. The summed E-state index contributed by atoms with van der Waals surface area (Å²) in [5.41, 5.74) is 5.75. The Morgan fingerprint density at radius 2 is 2.50 bits per heavy atom. The maximum absolute atomic E-state index is 10.4. The van der Waals surface area contributed by atoms with Crippen molar-refractivity contribution < 1.29 is 4.52 Å². The number of nitrogens with one attached hydrogen (secondary N) is 1. The van der Waals surface area contributed by atoms with Gasteiger partial charge in [0.25, 0.3) is 0 Å². The lowest BCUT2D eigenvalue weighted by Crippen LogP contribution is -2.00. The highest BCUT2D eigenvalue weighted by Crippen LogP contribution is 1.93. The van der Waals surface area contributed by atoms with Crippen LogP contribution in [0.25, 0.3) is 0 Å². The smallest absolute Gasteiger partial charge is 0.339 e. The van der Waals surface area contributed by atoms with Gasteiger partial charge < -0.3 is 10.3 Å². The van der Waals surface area contributed by atoms with Gasteiger partial charge in [-0.05, 0) is 19.4 Å². The fourth-order valence-electron chi connectivity index (χ4n) is 0.733. The van der Waals surface area contributed by atoms with Gasteiger partial charge in [0, 0.05) is 6.07 Å². The average molecular weight is 142 g/mol. The predicted molar refractivity (Wildman–Crippen MR) is 36.7 cm³/mol. The third-order valence-electron chi connectivity index (χ3n) is 1.23. The van der Waals surface area contributed by atoms with Crippen molar-refractivity contribution in [3.63, 3.8) is 0 Å². The zero-order valence-corrected chi connectivity index (χ0v) is 5.59. The number of nitrogens with two attached hydrogens (primary N) is 1. The molecule has 0 saturated heterocycles. The number of hydrogen-bond acceptors (Lipinski definition) is 3. The van der Waals surface area contributed by atoms with Crippen LogP contribution in [0.2, 0.25) is 0 Å². The largest absolute Gasteiger partial charge is 0.357 e. The molecule has 1 aromatic rings. The first-order valence-corrected chi connectivity index (χ1v) is 3.20. The molecule has 0 aromatic carbocycles. The highest BCUT2D eigenvalue weighted by atomic mass is 16.5. The van der Waals surface area contributed by atoms with Gasteiger partial charge in [0.2, 0.25) is 0 Å². The minimum absolute atomic E-state index is 0.327. The molecule has 0 aliphatic carbocycles. The molecular weight excluding hydrogens is 132 g/mol. The molecule has 0 aliphatic rings. The normalized spacial score (nSPS) is 10.1. The van der Waals surface area contributed by atoms with Gasteiger partial charge in [-0.2, -0.15) is 0 Å². The van der Waals surface area contributed by atoms with Crippen molar-refractivity contribution >= 4 is 0 Å². The molecule has 0 fully saturated rings. The summed E-state index contributed by atoms with van der Waals surface area (Å²) in [6.45, 7) is 0.632. The zero-order chi connectivity index (χ0) is 7.40. The van der Waals surface area contributed by atoms with Crippen molar-refractivity contribution in [3.05, 3.63) is 22.2 Å². The topological polar surface area (TPSA) is 72.0 Å². The molecule has 10 heavy (non-hydrogen) atoms. The number of aryl methyl sites for hydroxylation is 1. The summed E-state index contributed by atoms with van der Waals surface area (Å²) in [6.07, 6.45) is 1.65. The zero-order valence-electron chi connectivity index (χ0n) is 5.59. The molecule has 1 rings (SSSR count). The van der Waals surface area contributed by atoms with Crippen molar-refractivity contribution in [3.8, 4) is 0 Å². The third kappa shape index (κ3) is 1.73. The van der Waals surface area contributed by atoms with E-state index in [1.54, 1.807) is 0 Å². The predicted octanol–water partition coefficient (Wildman–Crippen LogP) is -0.141. The molecule has 0 saturated carbocycles. The van der Waals surface area contributed by atoms with Crippen LogP contribution in [-0.2, 0) is 6.42 Å². The minimum atomic E-state index is -0.327. The highest BCUT2D eigenvalue weighted by molar-refractivity contribution is 4.95. The van der Waals surface area contributed by atoms with Crippen LogP contribution >= 0.6 is 0 Å². The van der Waals surface area contributed by atoms with Crippen LogP contribution in [-0.4, -0.2) is 11.7 Å². The lowest BCUT2D eigenvalue weighted by Gasteiger charge is -1.89. The lowest BCUT2D eigenvalue weighted by atomic mass is 10.2. The Morgan fingerprint density at radius 3 is 3.00 bits per heavy atom. The van der Waals surface area contributed by atoms with E-state index in [2.05, 4.69) is 9.68 Å². The second-order valence-electron chi connectivity index (χ2n) is 2.08. The first kappa shape index (κ1) is 7.08. The second-order valence-corrected chi connectivity index (χ2v) is 2.08. The molecular formula is C6H10N2O2. The first-order chi connectivity index (χ1) is 4.83. The Bertz CT molecular complexity index is 238. The van der Waals surface area contributed by atoms with Gasteiger partial charge >= 0.3 is 5.63 Å². The Hall–Kier alpha value is -1.03. The Morgan fingerprint density at radius 1 is 1.70 bits per heavy atom. The molecule has 0 aliphatic heterocycles. The second kappa shape index (κ2) is 3.22. The summed E-state index contributed by atoms with van der Waals surface area (Å²) >= 11 is 0. The van der Waals surface area contributed by atoms with Crippen molar-refractivity contribution in [1.82, 2.24) is 5.16 Å². The molecule has 1 heterocycles. The van der Waals surface area contributed by atoms with Crippen LogP contribution in [0.3, 0.4) is 0 Å². The van der Waals surface area contributed by atoms with Crippen LogP contribution in [0.5, 0.6) is 0 Å². The van der Waals surface area contributed by atoms with E-state index in [-0.39, 0.29) is 5.63 Å². The van der Waals surface area contributed by atoms with Crippen LogP contribution in [0.15, 0.2) is 15.4 Å². The fourth-order valence-corrected chi connectivity index (χ4v) is 0.733. The van der Waals surface area contributed by atoms with Gasteiger partial charge in [-0.3, -0.25) is 0 Å². The monoisotopic (exact) mass is 142 g/mol. The van der Waals surface area contributed by atoms with Crippen LogP contribution in [0.1, 0.15) is 12.1 Å². The maximum atomic E-state index is 10.4. The third-order valence-corrected chi connectivity index (χ3v) is 1.23. The number of H-pyrrole nitrogens is 1. The maximum Gasteiger partial charge on any atom is 0.357 e. The first-order valence-electron chi connectivity index (χ1n) is 3.20. The molecule has 1 aromatic heterocycles. The lowest BCUT2D eigenvalue weighted by molar-refractivity contribution is 0.384. The summed E-state index contributed by atoms with van der Waals surface area (Å²) in [5, 5.41) is 2.50. The molecule has 0 radical (unpaired) electrons. The molecule has 0 spiro atoms. The number of aromatic nitrogens is 1. The van der Waals surface area contributed by atoms with E-state index in [0.29, 0.717) is 6.54 Å². The van der Waals surface area contributed by atoms with Crippen LogP contribution in [0.4, 0.5) is 0 Å². The van der Waals surface area contributed by atoms with Gasteiger partial charge in [-0.25, -0.2) is 9.95 Å². The molecule has 0 amide bonds. The van der Waals surface area contributed by atoms with Crippen LogP contribution in [0, 0.1) is 0 Å². The van der Waals surface area contributed by atoms with Gasteiger partial charge in [0.1, 0.15) is 0 Å². The number of hydrogen-bond donors (Lipinski definition) is 2. The fraction of sp³-hybridized carbons (Fsp3) is 0.500. The van der Waals surface area contributed by atoms with E-state index in [4.69, 9.17) is 5.73 Å². The SMILES string of the molecule is NCCCc1cc(=O)o[nH]1. The van der Waals surface area contributed by atoms with Gasteiger partial charge in [-0.15, -0.1) is 0 Å². The van der Waals surface area contributed by atoms with E-state index < -0.39 is 0 Å². The van der Waals surface area contributed by atoms with Crippen molar-refractivity contribution in [1.29, 1.82) is 0 Å². The molecule has 4 nitrogen and oxygen atoms in total. The molecule has 3 N–H and O–H groups in total. The van der Waals surface area contributed by atoms with E-state index in [9.17, 15) is 4.79 Å². The summed E-state index contributed by atoms with van der Waals surface area (Å²) in [7, 11) is 0. The summed E-state index contributed by atoms with van der Waals surface area (Å²) < 4.78 is 4.44. The molecule has 4 heteroatoms. The quantitative estimate of drug-likeness (QED) is 0.617. The van der Waals surface area contributed by atoms with Crippen molar-refractivity contribution in [2.45, 2.75) is 12.8 Å². The Balaban J connectivity index is 2.50. The summed E-state index contributed by atoms with van der Waals surface area (Å²) in [4.78, 5) is 10.4. The van der Waals surface area contributed by atoms with Gasteiger partial charge in [0.15, 0.2) is 0 Å². The van der Waals surface area contributed by atoms with E-state index in [1.165, 1.54) is 6.07 Å². The molecule has 56 valence electrons. The van der Waals surface area contributed by atoms with E-state index in [0.717, 1.165) is 18.5 Å². The number of rotatable bonds is 3. The summed E-state index contributed by atoms with van der Waals surface area (Å²) in [5.74, 6) is 0.